The Hall–Kier alpha value is -2.22. The highest BCUT2D eigenvalue weighted by molar-refractivity contribution is 7.15. The molecule has 4 heterocycles. The van der Waals surface area contributed by atoms with Gasteiger partial charge in [-0.1, -0.05) is 17.7 Å². The lowest BCUT2D eigenvalue weighted by Gasteiger charge is -2.36. The Morgan fingerprint density at radius 3 is 2.97 bits per heavy atom. The van der Waals surface area contributed by atoms with Crippen LogP contribution in [0.15, 0.2) is 42.0 Å². The van der Waals surface area contributed by atoms with Gasteiger partial charge in [0, 0.05) is 68.7 Å². The Bertz CT molecular complexity index is 991. The van der Waals surface area contributed by atoms with Gasteiger partial charge in [0.05, 0.1) is 5.69 Å². The van der Waals surface area contributed by atoms with Gasteiger partial charge < -0.3 is 9.80 Å². The first kappa shape index (κ1) is 20.1. The van der Waals surface area contributed by atoms with E-state index in [1.54, 1.807) is 12.2 Å². The largest absolute Gasteiger partial charge is 0.339 e. The van der Waals surface area contributed by atoms with Gasteiger partial charge in [0.15, 0.2) is 10.1 Å². The predicted octanol–water partition coefficient (Wildman–Crippen LogP) is 3.62. The number of likely N-dealkylation sites (N-methyl/N-ethyl adjacent to an activating group) is 1. The minimum Gasteiger partial charge on any atom is -0.339 e. The van der Waals surface area contributed by atoms with Gasteiger partial charge in [0.2, 0.25) is 5.91 Å². The number of hydrogen-bond donors (Lipinski definition) is 0. The zero-order valence-electron chi connectivity index (χ0n) is 16.4. The number of carbonyl (C=O) groups is 1. The number of nitrogens with zero attached hydrogens (tertiary/aromatic N) is 5. The van der Waals surface area contributed by atoms with E-state index in [1.807, 2.05) is 46.3 Å². The van der Waals surface area contributed by atoms with Crippen molar-refractivity contribution >= 4 is 39.9 Å². The van der Waals surface area contributed by atoms with Gasteiger partial charge in [-0.25, -0.2) is 4.98 Å². The van der Waals surface area contributed by atoms with Crippen molar-refractivity contribution in [2.24, 2.45) is 0 Å². The lowest BCUT2D eigenvalue weighted by Crippen LogP contribution is -2.45. The van der Waals surface area contributed by atoms with E-state index in [0.717, 1.165) is 55.2 Å². The third-order valence-corrected chi connectivity index (χ3v) is 6.54. The van der Waals surface area contributed by atoms with Crippen LogP contribution in [0.4, 0.5) is 0 Å². The zero-order chi connectivity index (χ0) is 20.2. The van der Waals surface area contributed by atoms with E-state index in [4.69, 9.17) is 11.6 Å². The van der Waals surface area contributed by atoms with Crippen LogP contribution < -0.4 is 0 Å². The molecule has 0 radical (unpaired) electrons. The second-order valence-corrected chi connectivity index (χ2v) is 8.50. The Morgan fingerprint density at radius 2 is 2.21 bits per heavy atom. The van der Waals surface area contributed by atoms with Crippen molar-refractivity contribution in [1.29, 1.82) is 0 Å². The third-order valence-electron chi connectivity index (χ3n) is 5.50. The highest BCUT2D eigenvalue weighted by Gasteiger charge is 2.24. The van der Waals surface area contributed by atoms with Crippen LogP contribution in [0.1, 0.15) is 24.2 Å². The maximum atomic E-state index is 12.7. The van der Waals surface area contributed by atoms with Crippen LogP contribution in [-0.4, -0.2) is 62.8 Å². The fourth-order valence-electron chi connectivity index (χ4n) is 3.72. The van der Waals surface area contributed by atoms with E-state index in [0.29, 0.717) is 5.15 Å². The molecule has 0 unspecified atom stereocenters. The number of aromatic nitrogens is 3. The normalized spacial score (nSPS) is 16.1. The van der Waals surface area contributed by atoms with Crippen molar-refractivity contribution in [3.05, 3.63) is 58.6 Å². The molecular formula is C21H24ClN5OS. The van der Waals surface area contributed by atoms with Crippen molar-refractivity contribution < 1.29 is 4.79 Å². The van der Waals surface area contributed by atoms with Crippen LogP contribution in [0.25, 0.3) is 11.0 Å². The highest BCUT2D eigenvalue weighted by Crippen LogP contribution is 2.23. The number of hydrogen-bond acceptors (Lipinski definition) is 5. The Kier molecular flexibility index (Phi) is 6.28. The smallest absolute Gasteiger partial charge is 0.246 e. The molecular weight excluding hydrogens is 406 g/mol. The van der Waals surface area contributed by atoms with Crippen molar-refractivity contribution in [2.45, 2.75) is 25.3 Å². The molecule has 152 valence electrons. The monoisotopic (exact) mass is 429 g/mol. The third kappa shape index (κ3) is 4.69. The average molecular weight is 430 g/mol. The first-order valence-corrected chi connectivity index (χ1v) is 11.1. The van der Waals surface area contributed by atoms with E-state index in [1.165, 1.54) is 11.3 Å². The maximum Gasteiger partial charge on any atom is 0.246 e. The van der Waals surface area contributed by atoms with Crippen LogP contribution in [-0.2, 0) is 11.2 Å². The van der Waals surface area contributed by atoms with Gasteiger partial charge in [-0.2, -0.15) is 0 Å². The Morgan fingerprint density at radius 1 is 1.38 bits per heavy atom. The molecule has 0 bridgehead atoms. The summed E-state index contributed by atoms with van der Waals surface area (Å²) in [5, 5.41) is 2.37. The number of rotatable bonds is 6. The number of fused-ring (bicyclic) bond motifs is 1. The summed E-state index contributed by atoms with van der Waals surface area (Å²) < 4.78 is 1.90. The highest BCUT2D eigenvalue weighted by atomic mass is 35.5. The summed E-state index contributed by atoms with van der Waals surface area (Å²) in [5.41, 5.74) is 1.87. The minimum absolute atomic E-state index is 0.00168. The molecule has 6 nitrogen and oxygen atoms in total. The maximum absolute atomic E-state index is 12.7. The van der Waals surface area contributed by atoms with Gasteiger partial charge in [-0.3, -0.25) is 14.2 Å². The number of carbonyl (C=O) groups excluding carboxylic acids is 1. The average Bonchev–Trinajstić information content (AvgIpc) is 3.32. The molecule has 1 amide bonds. The second kappa shape index (κ2) is 9.07. The lowest BCUT2D eigenvalue weighted by molar-refractivity contribution is -0.127. The number of piperidine rings is 1. The standard InChI is InChI=1S/C21H24ClN5OS/c1-25(19(28)6-5-18-20(22)24-21-27(18)14-15-29-21)17-8-12-26(13-9-17)11-7-16-4-2-3-10-23-16/h2-6,10,14-15,17H,7-9,11-13H2,1H3/b6-5+. The summed E-state index contributed by atoms with van der Waals surface area (Å²) in [6.45, 7) is 3.02. The topological polar surface area (TPSA) is 53.7 Å². The van der Waals surface area contributed by atoms with Crippen molar-refractivity contribution in [3.8, 4) is 0 Å². The van der Waals surface area contributed by atoms with Crippen molar-refractivity contribution in [2.75, 3.05) is 26.7 Å². The Labute approximate surface area is 179 Å². The summed E-state index contributed by atoms with van der Waals surface area (Å²) in [4.78, 5) is 26.5. The number of thiazole rings is 1. The quantitative estimate of drug-likeness (QED) is 0.561. The summed E-state index contributed by atoms with van der Waals surface area (Å²) in [5.74, 6) is -0.00168. The fraction of sp³-hybridized carbons (Fsp3) is 0.381. The molecule has 8 heteroatoms. The lowest BCUT2D eigenvalue weighted by atomic mass is 10.0. The van der Waals surface area contributed by atoms with Crippen LogP contribution in [0.5, 0.6) is 0 Å². The van der Waals surface area contributed by atoms with E-state index in [-0.39, 0.29) is 11.9 Å². The number of likely N-dealkylation sites (tertiary alicyclic amines) is 1. The first-order chi connectivity index (χ1) is 14.1. The molecule has 1 aliphatic rings. The summed E-state index contributed by atoms with van der Waals surface area (Å²) in [7, 11) is 1.89. The molecule has 0 atom stereocenters. The van der Waals surface area contributed by atoms with Crippen LogP contribution >= 0.6 is 22.9 Å². The molecule has 0 aromatic carbocycles. The number of halogens is 1. The van der Waals surface area contributed by atoms with Gasteiger partial charge in [-0.05, 0) is 31.1 Å². The molecule has 0 spiro atoms. The molecule has 1 aliphatic heterocycles. The Balaban J connectivity index is 1.28. The molecule has 29 heavy (non-hydrogen) atoms. The summed E-state index contributed by atoms with van der Waals surface area (Å²) in [6.07, 6.45) is 10.0. The van der Waals surface area contributed by atoms with E-state index in [9.17, 15) is 4.79 Å². The van der Waals surface area contributed by atoms with Gasteiger partial charge in [0.1, 0.15) is 0 Å². The van der Waals surface area contributed by atoms with Crippen molar-refractivity contribution in [3.63, 3.8) is 0 Å². The predicted molar refractivity (Wildman–Crippen MR) is 117 cm³/mol. The van der Waals surface area contributed by atoms with Gasteiger partial charge in [-0.15, -0.1) is 11.3 Å². The molecule has 1 fully saturated rings. The van der Waals surface area contributed by atoms with E-state index in [2.05, 4.69) is 20.9 Å². The molecule has 1 saturated heterocycles. The molecule has 3 aromatic heterocycles. The number of imidazole rings is 1. The molecule has 0 N–H and O–H groups in total. The zero-order valence-corrected chi connectivity index (χ0v) is 17.9. The number of pyridine rings is 1. The van der Waals surface area contributed by atoms with E-state index < -0.39 is 0 Å². The molecule has 3 aromatic rings. The van der Waals surface area contributed by atoms with Gasteiger partial charge in [0.25, 0.3) is 0 Å². The van der Waals surface area contributed by atoms with Crippen LogP contribution in [0.2, 0.25) is 5.15 Å². The fourth-order valence-corrected chi connectivity index (χ4v) is 4.73. The summed E-state index contributed by atoms with van der Waals surface area (Å²) >= 11 is 7.72. The molecule has 0 saturated carbocycles. The van der Waals surface area contributed by atoms with Crippen molar-refractivity contribution in [1.82, 2.24) is 24.2 Å². The second-order valence-electron chi connectivity index (χ2n) is 7.27. The number of amides is 1. The summed E-state index contributed by atoms with van der Waals surface area (Å²) in [6, 6.07) is 6.31. The SMILES string of the molecule is CN(C(=O)/C=C/c1c(Cl)nc2sccn12)C1CCN(CCc2ccccn2)CC1. The van der Waals surface area contributed by atoms with Crippen LogP contribution in [0.3, 0.4) is 0 Å². The first-order valence-electron chi connectivity index (χ1n) is 9.80. The van der Waals surface area contributed by atoms with Gasteiger partial charge >= 0.3 is 0 Å². The van der Waals surface area contributed by atoms with Crippen LogP contribution in [0, 0.1) is 0 Å². The van der Waals surface area contributed by atoms with E-state index >= 15 is 0 Å². The molecule has 0 aliphatic carbocycles. The minimum atomic E-state index is -0.00168. The molecule has 4 rings (SSSR count).